The van der Waals surface area contributed by atoms with Gasteiger partial charge in [0, 0.05) is 24.9 Å². The lowest BCUT2D eigenvalue weighted by molar-refractivity contribution is 0.332. The first kappa shape index (κ1) is 13.0. The van der Waals surface area contributed by atoms with E-state index in [1.54, 1.807) is 6.08 Å². The summed E-state index contributed by atoms with van der Waals surface area (Å²) in [6.45, 7) is 8.58. The second-order valence-electron chi connectivity index (χ2n) is 3.61. The molecule has 14 heavy (non-hydrogen) atoms. The third kappa shape index (κ3) is 5.64. The first-order valence-electron chi connectivity index (χ1n) is 5.57. The molecule has 2 heteroatoms. The molecule has 0 bridgehead atoms. The molecule has 0 saturated carbocycles. The van der Waals surface area contributed by atoms with E-state index in [1.807, 2.05) is 6.92 Å². The van der Waals surface area contributed by atoms with Crippen LogP contribution in [0.4, 0.5) is 0 Å². The minimum Gasteiger partial charge on any atom is -0.374 e. The maximum absolute atomic E-state index is 8.58. The van der Waals surface area contributed by atoms with Gasteiger partial charge >= 0.3 is 0 Å². The quantitative estimate of drug-likeness (QED) is 0.581. The third-order valence-electron chi connectivity index (χ3n) is 2.34. The average molecular weight is 194 g/mol. The zero-order valence-electron chi connectivity index (χ0n) is 9.71. The van der Waals surface area contributed by atoms with E-state index in [2.05, 4.69) is 24.8 Å². The summed E-state index contributed by atoms with van der Waals surface area (Å²) in [5, 5.41) is 8.58. The van der Waals surface area contributed by atoms with Crippen molar-refractivity contribution < 1.29 is 0 Å². The highest BCUT2D eigenvalue weighted by Crippen LogP contribution is 2.07. The molecule has 0 heterocycles. The molecule has 0 aliphatic heterocycles. The van der Waals surface area contributed by atoms with Crippen molar-refractivity contribution in [3.63, 3.8) is 0 Å². The first-order valence-corrected chi connectivity index (χ1v) is 5.57. The summed E-state index contributed by atoms with van der Waals surface area (Å²) >= 11 is 0. The van der Waals surface area contributed by atoms with Gasteiger partial charge in [-0.2, -0.15) is 5.26 Å². The molecule has 0 radical (unpaired) electrons. The van der Waals surface area contributed by atoms with E-state index < -0.39 is 0 Å². The molecule has 0 aromatic heterocycles. The van der Waals surface area contributed by atoms with E-state index in [4.69, 9.17) is 5.26 Å². The van der Waals surface area contributed by atoms with E-state index in [0.29, 0.717) is 0 Å². The summed E-state index contributed by atoms with van der Waals surface area (Å²) in [6, 6.07) is 2.10. The minimum absolute atomic E-state index is 1.08. The van der Waals surface area contributed by atoms with Crippen molar-refractivity contribution in [2.45, 2.75) is 46.5 Å². The van der Waals surface area contributed by atoms with Crippen LogP contribution in [-0.2, 0) is 0 Å². The van der Waals surface area contributed by atoms with Crippen molar-refractivity contribution in [2.24, 2.45) is 0 Å². The molecule has 0 spiro atoms. The topological polar surface area (TPSA) is 27.0 Å². The first-order chi connectivity index (χ1) is 6.76. The number of rotatable bonds is 7. The van der Waals surface area contributed by atoms with Gasteiger partial charge in [-0.15, -0.1) is 0 Å². The number of nitriles is 1. The maximum atomic E-state index is 8.58. The van der Waals surface area contributed by atoms with Gasteiger partial charge in [0.2, 0.25) is 0 Å². The van der Waals surface area contributed by atoms with Crippen LogP contribution in [0.3, 0.4) is 0 Å². The van der Waals surface area contributed by atoms with Crippen LogP contribution < -0.4 is 0 Å². The molecule has 0 rings (SSSR count). The Bertz CT molecular complexity index is 193. The predicted molar refractivity (Wildman–Crippen MR) is 60.8 cm³/mol. The highest BCUT2D eigenvalue weighted by Gasteiger charge is 2.03. The summed E-state index contributed by atoms with van der Waals surface area (Å²) in [7, 11) is 0. The second-order valence-corrected chi connectivity index (χ2v) is 3.61. The summed E-state index contributed by atoms with van der Waals surface area (Å²) in [6.07, 6.45) is 6.48. The summed E-state index contributed by atoms with van der Waals surface area (Å²) in [5.74, 6) is 0. The summed E-state index contributed by atoms with van der Waals surface area (Å²) in [4.78, 5) is 2.32. The molecule has 0 saturated heterocycles. The Morgan fingerprint density at radius 2 is 1.71 bits per heavy atom. The monoisotopic (exact) mass is 194 g/mol. The van der Waals surface area contributed by atoms with Crippen molar-refractivity contribution in [1.29, 1.82) is 5.26 Å². The number of hydrogen-bond acceptors (Lipinski definition) is 2. The van der Waals surface area contributed by atoms with Gasteiger partial charge in [-0.25, -0.2) is 0 Å². The molecule has 0 atom stereocenters. The molecule has 0 aliphatic rings. The summed E-state index contributed by atoms with van der Waals surface area (Å²) in [5.41, 5.74) is 1.11. The largest absolute Gasteiger partial charge is 0.374 e. The van der Waals surface area contributed by atoms with Crippen LogP contribution in [0.25, 0.3) is 0 Å². The molecule has 0 unspecified atom stereocenters. The van der Waals surface area contributed by atoms with Gasteiger partial charge in [-0.3, -0.25) is 0 Å². The normalized spacial score (nSPS) is 11.1. The number of allylic oxidation sites excluding steroid dienone is 2. The fourth-order valence-electron chi connectivity index (χ4n) is 1.35. The zero-order chi connectivity index (χ0) is 10.8. The Kier molecular flexibility index (Phi) is 8.02. The van der Waals surface area contributed by atoms with Crippen LogP contribution >= 0.6 is 0 Å². The van der Waals surface area contributed by atoms with Crippen molar-refractivity contribution in [1.82, 2.24) is 4.90 Å². The molecule has 0 aliphatic carbocycles. The van der Waals surface area contributed by atoms with Gasteiger partial charge in [0.15, 0.2) is 0 Å². The van der Waals surface area contributed by atoms with Gasteiger partial charge in [-0.05, 0) is 19.8 Å². The van der Waals surface area contributed by atoms with Crippen LogP contribution in [-0.4, -0.2) is 18.0 Å². The number of nitrogens with zero attached hydrogens (tertiary/aromatic N) is 2. The Morgan fingerprint density at radius 1 is 1.21 bits per heavy atom. The van der Waals surface area contributed by atoms with E-state index in [9.17, 15) is 0 Å². The Hall–Kier alpha value is -0.970. The van der Waals surface area contributed by atoms with Crippen LogP contribution in [0.1, 0.15) is 46.5 Å². The van der Waals surface area contributed by atoms with E-state index in [1.165, 1.54) is 25.7 Å². The molecule has 0 aromatic carbocycles. The Morgan fingerprint density at radius 3 is 2.07 bits per heavy atom. The number of hydrogen-bond donors (Lipinski definition) is 0. The molecule has 0 aromatic rings. The van der Waals surface area contributed by atoms with Gasteiger partial charge in [-0.1, -0.05) is 26.7 Å². The molecule has 0 N–H and O–H groups in total. The maximum Gasteiger partial charge on any atom is 0.0930 e. The Balaban J connectivity index is 4.09. The highest BCUT2D eigenvalue weighted by atomic mass is 15.1. The molecular formula is C12H22N2. The van der Waals surface area contributed by atoms with Gasteiger partial charge < -0.3 is 4.90 Å². The van der Waals surface area contributed by atoms with Crippen LogP contribution in [0, 0.1) is 11.3 Å². The zero-order valence-corrected chi connectivity index (χ0v) is 9.71. The van der Waals surface area contributed by atoms with Gasteiger partial charge in [0.05, 0.1) is 6.07 Å². The lowest BCUT2D eigenvalue weighted by Crippen LogP contribution is -2.24. The van der Waals surface area contributed by atoms with E-state index in [-0.39, 0.29) is 0 Å². The van der Waals surface area contributed by atoms with Crippen LogP contribution in [0.2, 0.25) is 0 Å². The Labute approximate surface area is 88.2 Å². The van der Waals surface area contributed by atoms with Gasteiger partial charge in [0.25, 0.3) is 0 Å². The molecule has 2 nitrogen and oxygen atoms in total. The molecule has 80 valence electrons. The predicted octanol–water partition coefficient (Wildman–Crippen LogP) is 3.32. The van der Waals surface area contributed by atoms with Gasteiger partial charge in [0.1, 0.15) is 0 Å². The van der Waals surface area contributed by atoms with Crippen molar-refractivity contribution in [2.75, 3.05) is 13.1 Å². The molecule has 0 fully saturated rings. The van der Waals surface area contributed by atoms with E-state index in [0.717, 1.165) is 18.8 Å². The highest BCUT2D eigenvalue weighted by molar-refractivity contribution is 5.10. The lowest BCUT2D eigenvalue weighted by Gasteiger charge is -2.24. The standard InChI is InChI=1S/C12H22N2/c1-4-6-10-14(11-7-5-2)12(3)8-9-13/h8H,4-7,10-11H2,1-3H3/b12-8-. The van der Waals surface area contributed by atoms with Crippen molar-refractivity contribution in [3.8, 4) is 6.07 Å². The summed E-state index contributed by atoms with van der Waals surface area (Å²) < 4.78 is 0. The van der Waals surface area contributed by atoms with E-state index >= 15 is 0 Å². The fourth-order valence-corrected chi connectivity index (χ4v) is 1.35. The fraction of sp³-hybridized carbons (Fsp3) is 0.750. The van der Waals surface area contributed by atoms with Crippen LogP contribution in [0.15, 0.2) is 11.8 Å². The van der Waals surface area contributed by atoms with Crippen molar-refractivity contribution >= 4 is 0 Å². The third-order valence-corrected chi connectivity index (χ3v) is 2.34. The molecular weight excluding hydrogens is 172 g/mol. The minimum atomic E-state index is 1.08. The second kappa shape index (κ2) is 8.62. The average Bonchev–Trinajstić information content (AvgIpc) is 2.18. The smallest absolute Gasteiger partial charge is 0.0930 e. The van der Waals surface area contributed by atoms with Crippen molar-refractivity contribution in [3.05, 3.63) is 11.8 Å². The molecule has 0 amide bonds. The van der Waals surface area contributed by atoms with Crippen LogP contribution in [0.5, 0.6) is 0 Å². The number of unbranched alkanes of at least 4 members (excludes halogenated alkanes) is 2. The SMILES string of the molecule is CCCCN(CCCC)/C(C)=C\C#N. The lowest BCUT2D eigenvalue weighted by atomic mass is 10.2.